The first kappa shape index (κ1) is 12.4. The Kier molecular flexibility index (Phi) is 3.11. The van der Waals surface area contributed by atoms with Crippen molar-refractivity contribution in [2.24, 2.45) is 5.73 Å². The van der Waals surface area contributed by atoms with E-state index in [0.717, 1.165) is 25.7 Å². The van der Waals surface area contributed by atoms with Crippen LogP contribution in [0.3, 0.4) is 0 Å². The smallest absolute Gasteiger partial charge is 0.393 e. The summed E-state index contributed by atoms with van der Waals surface area (Å²) in [7, 11) is 0. The van der Waals surface area contributed by atoms with Crippen LogP contribution in [0.15, 0.2) is 11.6 Å². The molecule has 7 nitrogen and oxygen atoms in total. The van der Waals surface area contributed by atoms with Crippen LogP contribution in [0, 0.1) is 10.1 Å². The summed E-state index contributed by atoms with van der Waals surface area (Å²) in [6, 6.07) is 0.223. The molecule has 0 atom stereocenters. The van der Waals surface area contributed by atoms with Crippen LogP contribution < -0.4 is 10.5 Å². The lowest BCUT2D eigenvalue weighted by Gasteiger charge is -2.25. The molecule has 2 N–H and O–H groups in total. The summed E-state index contributed by atoms with van der Waals surface area (Å²) in [5, 5.41) is 12.9. The predicted molar refractivity (Wildman–Crippen MR) is 70.6 cm³/mol. The van der Waals surface area contributed by atoms with Crippen molar-refractivity contribution in [2.45, 2.75) is 37.8 Å². The highest BCUT2D eigenvalue weighted by Crippen LogP contribution is 2.32. The Bertz CT molecular complexity index is 600. The van der Waals surface area contributed by atoms with Gasteiger partial charge in [-0.2, -0.15) is 9.38 Å². The molecule has 0 bridgehead atoms. The van der Waals surface area contributed by atoms with Gasteiger partial charge in [0.1, 0.15) is 12.3 Å². The van der Waals surface area contributed by atoms with Gasteiger partial charge in [-0.3, -0.25) is 0 Å². The Balaban J connectivity index is 1.86. The Labute approximate surface area is 113 Å². The van der Waals surface area contributed by atoms with Gasteiger partial charge < -0.3 is 20.6 Å². The summed E-state index contributed by atoms with van der Waals surface area (Å²) < 4.78 is 7.17. The third-order valence-electron chi connectivity index (χ3n) is 3.38. The highest BCUT2D eigenvalue weighted by Gasteiger charge is 2.29. The number of ether oxygens (including phenoxy) is 1. The normalized spacial score (nSPS) is 23.6. The minimum Gasteiger partial charge on any atom is -0.468 e. The van der Waals surface area contributed by atoms with Crippen LogP contribution in [0.5, 0.6) is 5.88 Å². The van der Waals surface area contributed by atoms with Crippen molar-refractivity contribution in [1.29, 1.82) is 0 Å². The van der Waals surface area contributed by atoms with E-state index in [4.69, 9.17) is 10.5 Å². The van der Waals surface area contributed by atoms with Crippen molar-refractivity contribution in [2.75, 3.05) is 0 Å². The topological polar surface area (TPSA) is 95.7 Å². The second-order valence-electron chi connectivity index (χ2n) is 4.71. The first-order valence-corrected chi connectivity index (χ1v) is 7.05. The van der Waals surface area contributed by atoms with E-state index in [0.29, 0.717) is 4.96 Å². The first-order valence-electron chi connectivity index (χ1n) is 6.17. The van der Waals surface area contributed by atoms with Crippen LogP contribution in [0.25, 0.3) is 4.96 Å². The van der Waals surface area contributed by atoms with Crippen LogP contribution in [0.4, 0.5) is 5.82 Å². The standard InChI is InChI=1S/C11H14N4O3S/c12-7-1-3-8(4-2-7)18-9-10(15(16)17)14-5-6-19-11(14)13-9/h5-8H,1-4,12H2. The monoisotopic (exact) mass is 282 g/mol. The van der Waals surface area contributed by atoms with Crippen LogP contribution in [0.1, 0.15) is 25.7 Å². The van der Waals surface area contributed by atoms with Gasteiger partial charge in [0.15, 0.2) is 0 Å². The molecule has 0 radical (unpaired) electrons. The van der Waals surface area contributed by atoms with Crippen LogP contribution >= 0.6 is 11.3 Å². The maximum Gasteiger partial charge on any atom is 0.393 e. The Morgan fingerprint density at radius 3 is 2.89 bits per heavy atom. The molecule has 8 heteroatoms. The van der Waals surface area contributed by atoms with E-state index in [1.165, 1.54) is 15.7 Å². The Morgan fingerprint density at radius 2 is 2.21 bits per heavy atom. The summed E-state index contributed by atoms with van der Waals surface area (Å²) in [5.41, 5.74) is 5.83. The molecule has 0 saturated heterocycles. The number of fused-ring (bicyclic) bond motifs is 1. The number of nitrogens with zero attached hydrogens (tertiary/aromatic N) is 3. The van der Waals surface area contributed by atoms with Crippen molar-refractivity contribution in [3.63, 3.8) is 0 Å². The lowest BCUT2D eigenvalue weighted by molar-refractivity contribution is -0.391. The van der Waals surface area contributed by atoms with E-state index < -0.39 is 4.92 Å². The first-order chi connectivity index (χ1) is 9.15. The molecule has 0 unspecified atom stereocenters. The van der Waals surface area contributed by atoms with Crippen molar-refractivity contribution in [3.8, 4) is 5.88 Å². The Morgan fingerprint density at radius 1 is 1.47 bits per heavy atom. The van der Waals surface area contributed by atoms with Gasteiger partial charge in [0.25, 0.3) is 4.96 Å². The van der Waals surface area contributed by atoms with Gasteiger partial charge in [-0.1, -0.05) is 11.3 Å². The van der Waals surface area contributed by atoms with E-state index in [-0.39, 0.29) is 23.8 Å². The van der Waals surface area contributed by atoms with Gasteiger partial charge in [-0.05, 0) is 30.6 Å². The SMILES string of the molecule is NC1CCC(Oc2nc3sccn3c2[N+](=O)[O-])CC1. The zero-order valence-corrected chi connectivity index (χ0v) is 11.0. The van der Waals surface area contributed by atoms with Gasteiger partial charge in [0.05, 0.1) is 0 Å². The van der Waals surface area contributed by atoms with Gasteiger partial charge in [0.2, 0.25) is 0 Å². The summed E-state index contributed by atoms with van der Waals surface area (Å²) in [6.07, 6.45) is 5.03. The number of rotatable bonds is 3. The summed E-state index contributed by atoms with van der Waals surface area (Å²) >= 11 is 1.35. The molecular formula is C11H14N4O3S. The lowest BCUT2D eigenvalue weighted by atomic mass is 9.94. The second-order valence-corrected chi connectivity index (χ2v) is 5.58. The summed E-state index contributed by atoms with van der Waals surface area (Å²) in [5.74, 6) is 0.0310. The van der Waals surface area contributed by atoms with Gasteiger partial charge in [-0.15, -0.1) is 0 Å². The lowest BCUT2D eigenvalue weighted by Crippen LogP contribution is -2.31. The number of aromatic nitrogens is 2. The molecule has 0 aliphatic heterocycles. The van der Waals surface area contributed by atoms with Gasteiger partial charge in [-0.25, -0.2) is 0 Å². The van der Waals surface area contributed by atoms with E-state index in [9.17, 15) is 10.1 Å². The molecule has 1 aliphatic rings. The minimum atomic E-state index is -0.448. The minimum absolute atomic E-state index is 0.0249. The number of imidazole rings is 1. The quantitative estimate of drug-likeness (QED) is 0.685. The van der Waals surface area contributed by atoms with Gasteiger partial charge >= 0.3 is 11.7 Å². The number of hydrogen-bond acceptors (Lipinski definition) is 6. The molecular weight excluding hydrogens is 268 g/mol. The molecule has 2 aromatic heterocycles. The average Bonchev–Trinajstić information content (AvgIpc) is 2.91. The third kappa shape index (κ3) is 2.28. The fourth-order valence-corrected chi connectivity index (χ4v) is 3.06. The largest absolute Gasteiger partial charge is 0.468 e. The fourth-order valence-electron chi connectivity index (χ4n) is 2.36. The third-order valence-corrected chi connectivity index (χ3v) is 4.13. The van der Waals surface area contributed by atoms with Crippen molar-refractivity contribution < 1.29 is 9.66 Å². The number of nitrogens with two attached hydrogens (primary N) is 1. The Hall–Kier alpha value is -1.67. The van der Waals surface area contributed by atoms with Crippen molar-refractivity contribution >= 4 is 22.1 Å². The molecule has 1 fully saturated rings. The molecule has 0 aromatic carbocycles. The van der Waals surface area contributed by atoms with Crippen LogP contribution in [0.2, 0.25) is 0 Å². The number of nitro groups is 1. The molecule has 0 spiro atoms. The van der Waals surface area contributed by atoms with E-state index >= 15 is 0 Å². The zero-order valence-electron chi connectivity index (χ0n) is 10.2. The maximum absolute atomic E-state index is 11.1. The molecule has 19 heavy (non-hydrogen) atoms. The fraction of sp³-hybridized carbons (Fsp3) is 0.545. The van der Waals surface area contributed by atoms with E-state index in [2.05, 4.69) is 4.98 Å². The van der Waals surface area contributed by atoms with Crippen molar-refractivity contribution in [3.05, 3.63) is 21.7 Å². The molecule has 3 rings (SSSR count). The molecule has 2 aromatic rings. The highest BCUT2D eigenvalue weighted by molar-refractivity contribution is 7.15. The predicted octanol–water partition coefficient (Wildman–Crippen LogP) is 1.95. The van der Waals surface area contributed by atoms with Crippen LogP contribution in [-0.4, -0.2) is 26.5 Å². The summed E-state index contributed by atoms with van der Waals surface area (Å²) in [4.78, 5) is 15.5. The zero-order chi connectivity index (χ0) is 13.4. The van der Waals surface area contributed by atoms with Crippen LogP contribution in [-0.2, 0) is 0 Å². The van der Waals surface area contributed by atoms with E-state index in [1.807, 2.05) is 0 Å². The molecule has 1 saturated carbocycles. The second kappa shape index (κ2) is 4.78. The number of hydrogen-bond donors (Lipinski definition) is 1. The number of thiazole rings is 1. The van der Waals surface area contributed by atoms with Gasteiger partial charge in [0, 0.05) is 11.4 Å². The molecule has 1 aliphatic carbocycles. The molecule has 2 heterocycles. The average molecular weight is 282 g/mol. The van der Waals surface area contributed by atoms with Crippen molar-refractivity contribution in [1.82, 2.24) is 9.38 Å². The maximum atomic E-state index is 11.1. The van der Waals surface area contributed by atoms with E-state index in [1.54, 1.807) is 11.6 Å². The summed E-state index contributed by atoms with van der Waals surface area (Å²) in [6.45, 7) is 0. The molecule has 0 amide bonds. The highest BCUT2D eigenvalue weighted by atomic mass is 32.1. The molecule has 102 valence electrons.